The summed E-state index contributed by atoms with van der Waals surface area (Å²) in [6.07, 6.45) is 5.18. The molecule has 0 spiro atoms. The number of nitrogens with zero attached hydrogens (tertiary/aromatic N) is 2. The van der Waals surface area contributed by atoms with Crippen LogP contribution in [0.2, 0.25) is 0 Å². The number of carbonyl (C=O) groups excluding carboxylic acids is 1. The van der Waals surface area contributed by atoms with E-state index in [1.54, 1.807) is 0 Å². The standard InChI is InChI=1S/C25H22N2O/c28-24-19-26-23-14-8-7-13-22(23)17-25(26,16-15-20-9-3-1-4-10-20)27(24)18-21-11-5-2-6-12-21/h1-16H,17-19H2/b16-15+. The zero-order valence-electron chi connectivity index (χ0n) is 15.7. The molecule has 0 radical (unpaired) electrons. The minimum atomic E-state index is -0.452. The average Bonchev–Trinajstić information content (AvgIpc) is 3.19. The minimum Gasteiger partial charge on any atom is -0.335 e. The van der Waals surface area contributed by atoms with Gasteiger partial charge in [0.2, 0.25) is 5.91 Å². The fraction of sp³-hybridized carbons (Fsp3) is 0.160. The van der Waals surface area contributed by atoms with Crippen molar-refractivity contribution in [3.63, 3.8) is 0 Å². The highest BCUT2D eigenvalue weighted by Gasteiger charge is 2.53. The Morgan fingerprint density at radius 2 is 1.54 bits per heavy atom. The third-order valence-electron chi connectivity index (χ3n) is 5.79. The number of fused-ring (bicyclic) bond motifs is 3. The molecule has 5 rings (SSSR count). The van der Waals surface area contributed by atoms with E-state index in [2.05, 4.69) is 65.6 Å². The molecule has 0 bridgehead atoms. The van der Waals surface area contributed by atoms with Crippen molar-refractivity contribution in [3.8, 4) is 0 Å². The predicted molar refractivity (Wildman–Crippen MR) is 113 cm³/mol. The van der Waals surface area contributed by atoms with E-state index < -0.39 is 5.66 Å². The van der Waals surface area contributed by atoms with Crippen molar-refractivity contribution in [1.29, 1.82) is 0 Å². The van der Waals surface area contributed by atoms with Crippen molar-refractivity contribution in [2.24, 2.45) is 0 Å². The maximum atomic E-state index is 13.1. The lowest BCUT2D eigenvalue weighted by Crippen LogP contribution is -2.51. The van der Waals surface area contributed by atoms with Crippen LogP contribution in [0.25, 0.3) is 6.08 Å². The van der Waals surface area contributed by atoms with Crippen LogP contribution < -0.4 is 4.90 Å². The predicted octanol–water partition coefficient (Wildman–Crippen LogP) is 4.50. The summed E-state index contributed by atoms with van der Waals surface area (Å²) in [4.78, 5) is 17.4. The fourth-order valence-electron chi connectivity index (χ4n) is 4.43. The Labute approximate surface area is 165 Å². The van der Waals surface area contributed by atoms with Crippen molar-refractivity contribution in [3.05, 3.63) is 108 Å². The Kier molecular flexibility index (Phi) is 4.01. The highest BCUT2D eigenvalue weighted by molar-refractivity contribution is 5.90. The zero-order valence-corrected chi connectivity index (χ0v) is 15.7. The second kappa shape index (κ2) is 6.68. The van der Waals surface area contributed by atoms with E-state index in [1.807, 2.05) is 41.3 Å². The maximum absolute atomic E-state index is 13.1. The van der Waals surface area contributed by atoms with E-state index in [4.69, 9.17) is 0 Å². The van der Waals surface area contributed by atoms with Gasteiger partial charge >= 0.3 is 0 Å². The molecule has 1 saturated heterocycles. The molecule has 0 N–H and O–H groups in total. The van der Waals surface area contributed by atoms with E-state index in [9.17, 15) is 4.79 Å². The summed E-state index contributed by atoms with van der Waals surface area (Å²) in [5, 5.41) is 0. The zero-order chi connectivity index (χ0) is 19.0. The van der Waals surface area contributed by atoms with Gasteiger partial charge in [-0.1, -0.05) is 84.9 Å². The first-order valence-corrected chi connectivity index (χ1v) is 9.70. The molecule has 3 heteroatoms. The molecule has 3 aromatic carbocycles. The average molecular weight is 366 g/mol. The highest BCUT2D eigenvalue weighted by atomic mass is 16.2. The van der Waals surface area contributed by atoms with Crippen molar-refractivity contribution in [2.75, 3.05) is 11.4 Å². The number of hydrogen-bond donors (Lipinski definition) is 0. The van der Waals surface area contributed by atoms with Crippen molar-refractivity contribution >= 4 is 17.7 Å². The van der Waals surface area contributed by atoms with Crippen LogP contribution in [0.3, 0.4) is 0 Å². The quantitative estimate of drug-likeness (QED) is 0.679. The monoisotopic (exact) mass is 366 g/mol. The first-order valence-electron chi connectivity index (χ1n) is 9.70. The molecule has 2 heterocycles. The molecule has 1 atom stereocenters. The fourth-order valence-corrected chi connectivity index (χ4v) is 4.43. The smallest absolute Gasteiger partial charge is 0.244 e. The lowest BCUT2D eigenvalue weighted by molar-refractivity contribution is -0.129. The summed E-state index contributed by atoms with van der Waals surface area (Å²) >= 11 is 0. The molecule has 1 unspecified atom stereocenters. The summed E-state index contributed by atoms with van der Waals surface area (Å²) in [6, 6.07) is 29.0. The molecular weight excluding hydrogens is 344 g/mol. The highest BCUT2D eigenvalue weighted by Crippen LogP contribution is 2.46. The topological polar surface area (TPSA) is 23.6 Å². The molecular formula is C25H22N2O. The number of carbonyl (C=O) groups is 1. The minimum absolute atomic E-state index is 0.177. The third kappa shape index (κ3) is 2.71. The summed E-state index contributed by atoms with van der Waals surface area (Å²) in [7, 11) is 0. The van der Waals surface area contributed by atoms with Gasteiger partial charge in [0, 0.05) is 18.7 Å². The molecule has 1 amide bonds. The summed E-state index contributed by atoms with van der Waals surface area (Å²) in [5.41, 5.74) is 4.31. The number of para-hydroxylation sites is 1. The normalized spacial score (nSPS) is 20.6. The van der Waals surface area contributed by atoms with Crippen LogP contribution in [0.5, 0.6) is 0 Å². The molecule has 2 aliphatic heterocycles. The van der Waals surface area contributed by atoms with Crippen molar-refractivity contribution < 1.29 is 4.79 Å². The van der Waals surface area contributed by atoms with Crippen molar-refractivity contribution in [1.82, 2.24) is 4.90 Å². The van der Waals surface area contributed by atoms with Gasteiger partial charge in [0.15, 0.2) is 0 Å². The van der Waals surface area contributed by atoms with E-state index in [1.165, 1.54) is 11.3 Å². The van der Waals surface area contributed by atoms with Gasteiger partial charge in [-0.2, -0.15) is 0 Å². The number of rotatable bonds is 4. The molecule has 28 heavy (non-hydrogen) atoms. The first kappa shape index (κ1) is 16.8. The lowest BCUT2D eigenvalue weighted by atomic mass is 10.00. The van der Waals surface area contributed by atoms with Gasteiger partial charge in [0.05, 0.1) is 6.54 Å². The van der Waals surface area contributed by atoms with Crippen LogP contribution in [0.4, 0.5) is 5.69 Å². The molecule has 2 aliphatic rings. The Balaban J connectivity index is 1.58. The van der Waals surface area contributed by atoms with E-state index >= 15 is 0 Å². The SMILES string of the molecule is O=C1CN2c3ccccc3CC2(/C=C/c2ccccc2)N1Cc1ccccc1. The number of hydrogen-bond acceptors (Lipinski definition) is 2. The van der Waals surface area contributed by atoms with Gasteiger partial charge < -0.3 is 9.80 Å². The maximum Gasteiger partial charge on any atom is 0.244 e. The number of benzene rings is 3. The Morgan fingerprint density at radius 1 is 0.857 bits per heavy atom. The van der Waals surface area contributed by atoms with Gasteiger partial charge in [0.25, 0.3) is 0 Å². The Bertz CT molecular complexity index is 1030. The van der Waals surface area contributed by atoms with E-state index in [0.29, 0.717) is 13.1 Å². The third-order valence-corrected chi connectivity index (χ3v) is 5.79. The van der Waals surface area contributed by atoms with Crippen molar-refractivity contribution in [2.45, 2.75) is 18.6 Å². The molecule has 1 fully saturated rings. The Hall–Kier alpha value is -3.33. The van der Waals surface area contributed by atoms with Crippen LogP contribution >= 0.6 is 0 Å². The van der Waals surface area contributed by atoms with Gasteiger partial charge in [-0.3, -0.25) is 4.79 Å². The summed E-state index contributed by atoms with van der Waals surface area (Å²) < 4.78 is 0. The molecule has 0 aromatic heterocycles. The van der Waals surface area contributed by atoms with Crippen LogP contribution in [0.15, 0.2) is 91.0 Å². The molecule has 0 saturated carbocycles. The lowest BCUT2D eigenvalue weighted by Gasteiger charge is -2.38. The van der Waals surface area contributed by atoms with E-state index in [0.717, 1.165) is 17.5 Å². The van der Waals surface area contributed by atoms with Crippen LogP contribution in [0, 0.1) is 0 Å². The number of amides is 1. The largest absolute Gasteiger partial charge is 0.335 e. The molecule has 3 aromatic rings. The van der Waals surface area contributed by atoms with Gasteiger partial charge in [-0.15, -0.1) is 0 Å². The Morgan fingerprint density at radius 3 is 2.32 bits per heavy atom. The van der Waals surface area contributed by atoms with Crippen LogP contribution in [-0.4, -0.2) is 23.0 Å². The number of anilines is 1. The molecule has 3 nitrogen and oxygen atoms in total. The van der Waals surface area contributed by atoms with Gasteiger partial charge in [-0.25, -0.2) is 0 Å². The first-order chi connectivity index (χ1) is 13.8. The van der Waals surface area contributed by atoms with E-state index in [-0.39, 0.29) is 5.91 Å². The summed E-state index contributed by atoms with van der Waals surface area (Å²) in [6.45, 7) is 1.03. The summed E-state index contributed by atoms with van der Waals surface area (Å²) in [5.74, 6) is 0.177. The molecule has 138 valence electrons. The molecule has 0 aliphatic carbocycles. The van der Waals surface area contributed by atoms with Crippen LogP contribution in [-0.2, 0) is 17.8 Å². The van der Waals surface area contributed by atoms with Crippen LogP contribution in [0.1, 0.15) is 16.7 Å². The second-order valence-electron chi connectivity index (χ2n) is 7.48. The van der Waals surface area contributed by atoms with Gasteiger partial charge in [-0.05, 0) is 28.8 Å². The van der Waals surface area contributed by atoms with Gasteiger partial charge in [0.1, 0.15) is 5.66 Å². The second-order valence-corrected chi connectivity index (χ2v) is 7.48.